The maximum atomic E-state index is 11.1. The van der Waals surface area contributed by atoms with E-state index in [9.17, 15) is 8.42 Å². The molecule has 0 radical (unpaired) electrons. The highest BCUT2D eigenvalue weighted by molar-refractivity contribution is 7.90. The average molecular weight is 277 g/mol. The number of nitrogens with two attached hydrogens (primary N) is 1. The molecular weight excluding hydrogens is 260 g/mol. The van der Waals surface area contributed by atoms with Crippen LogP contribution in [0.1, 0.15) is 12.0 Å². The molecule has 1 aromatic rings. The highest BCUT2D eigenvalue weighted by Crippen LogP contribution is 2.12. The van der Waals surface area contributed by atoms with Crippen LogP contribution in [0.3, 0.4) is 0 Å². The van der Waals surface area contributed by atoms with Gasteiger partial charge in [-0.2, -0.15) is 0 Å². The fourth-order valence-corrected chi connectivity index (χ4v) is 2.34. The van der Waals surface area contributed by atoms with E-state index in [-0.39, 0.29) is 11.8 Å². The van der Waals surface area contributed by atoms with E-state index in [1.165, 1.54) is 6.26 Å². The van der Waals surface area contributed by atoms with Crippen molar-refractivity contribution in [3.63, 3.8) is 0 Å². The van der Waals surface area contributed by atoms with Crippen molar-refractivity contribution in [2.45, 2.75) is 18.9 Å². The molecule has 6 heteroatoms. The summed E-state index contributed by atoms with van der Waals surface area (Å²) in [6, 6.07) is 7.38. The van der Waals surface area contributed by atoms with Gasteiger partial charge in [0.1, 0.15) is 9.84 Å². The quantitative estimate of drug-likeness (QED) is 0.604. The molecule has 4 nitrogen and oxygen atoms in total. The molecule has 0 bridgehead atoms. The zero-order chi connectivity index (χ0) is 12.9. The summed E-state index contributed by atoms with van der Waals surface area (Å²) >= 11 is 5.78. The fourth-order valence-electron chi connectivity index (χ4n) is 1.51. The molecule has 0 spiro atoms. The first-order valence-corrected chi connectivity index (χ1v) is 7.73. The van der Waals surface area contributed by atoms with Crippen molar-refractivity contribution < 1.29 is 8.42 Å². The Labute approximate surface area is 107 Å². The molecule has 17 heavy (non-hydrogen) atoms. The van der Waals surface area contributed by atoms with Crippen LogP contribution in [0.25, 0.3) is 0 Å². The molecule has 0 heterocycles. The van der Waals surface area contributed by atoms with Gasteiger partial charge in [0.05, 0.1) is 5.75 Å². The smallest absolute Gasteiger partial charge is 0.147 e. The van der Waals surface area contributed by atoms with Gasteiger partial charge in [-0.1, -0.05) is 23.7 Å². The molecule has 0 aliphatic heterocycles. The molecule has 1 aromatic carbocycles. The van der Waals surface area contributed by atoms with Crippen molar-refractivity contribution in [2.75, 3.05) is 12.0 Å². The van der Waals surface area contributed by atoms with Gasteiger partial charge >= 0.3 is 0 Å². The van der Waals surface area contributed by atoms with E-state index in [1.54, 1.807) is 12.1 Å². The average Bonchev–Trinajstić information content (AvgIpc) is 2.25. The first-order valence-electron chi connectivity index (χ1n) is 5.29. The fraction of sp³-hybridized carbons (Fsp3) is 0.455. The summed E-state index contributed by atoms with van der Waals surface area (Å²) in [6.45, 7) is 0. The van der Waals surface area contributed by atoms with Crippen LogP contribution in [0.2, 0.25) is 5.02 Å². The predicted octanol–water partition coefficient (Wildman–Crippen LogP) is 1.15. The van der Waals surface area contributed by atoms with Gasteiger partial charge in [0.2, 0.25) is 0 Å². The second-order valence-electron chi connectivity index (χ2n) is 4.11. The number of sulfone groups is 1. The summed E-state index contributed by atoms with van der Waals surface area (Å²) in [5.41, 5.74) is 3.72. The molecule has 3 N–H and O–H groups in total. The monoisotopic (exact) mass is 276 g/mol. The normalized spacial score (nSPS) is 13.6. The molecule has 96 valence electrons. The maximum absolute atomic E-state index is 11.1. The molecule has 0 aliphatic rings. The van der Waals surface area contributed by atoms with E-state index in [4.69, 9.17) is 17.4 Å². The molecule has 1 rings (SSSR count). The Hall–Kier alpha value is -0.620. The van der Waals surface area contributed by atoms with E-state index in [1.807, 2.05) is 12.1 Å². The summed E-state index contributed by atoms with van der Waals surface area (Å²) in [4.78, 5) is 0. The third kappa shape index (κ3) is 6.02. The first kappa shape index (κ1) is 14.4. The lowest BCUT2D eigenvalue weighted by Crippen LogP contribution is -2.38. The van der Waals surface area contributed by atoms with Crippen molar-refractivity contribution in [3.05, 3.63) is 34.9 Å². The van der Waals surface area contributed by atoms with Crippen LogP contribution in [-0.4, -0.2) is 26.5 Å². The van der Waals surface area contributed by atoms with Gasteiger partial charge < -0.3 is 0 Å². The Morgan fingerprint density at radius 3 is 2.41 bits per heavy atom. The SMILES string of the molecule is CS(=O)(=O)CCC(Cc1ccc(Cl)cc1)NN. The van der Waals surface area contributed by atoms with Crippen LogP contribution in [0.5, 0.6) is 0 Å². The van der Waals surface area contributed by atoms with Crippen LogP contribution in [0.15, 0.2) is 24.3 Å². The zero-order valence-corrected chi connectivity index (χ0v) is 11.3. The van der Waals surface area contributed by atoms with Crippen molar-refractivity contribution in [1.29, 1.82) is 0 Å². The van der Waals surface area contributed by atoms with Gasteiger partial charge in [-0.05, 0) is 30.5 Å². The molecule has 0 aromatic heterocycles. The largest absolute Gasteiger partial charge is 0.271 e. The lowest BCUT2D eigenvalue weighted by Gasteiger charge is -2.15. The van der Waals surface area contributed by atoms with Gasteiger partial charge in [0.15, 0.2) is 0 Å². The Balaban J connectivity index is 2.55. The van der Waals surface area contributed by atoms with Crippen molar-refractivity contribution >= 4 is 21.4 Å². The summed E-state index contributed by atoms with van der Waals surface area (Å²) in [6.07, 6.45) is 2.41. The number of benzene rings is 1. The summed E-state index contributed by atoms with van der Waals surface area (Å²) < 4.78 is 22.1. The summed E-state index contributed by atoms with van der Waals surface area (Å²) in [7, 11) is -2.94. The number of hydrogen-bond acceptors (Lipinski definition) is 4. The van der Waals surface area contributed by atoms with Crippen molar-refractivity contribution in [3.8, 4) is 0 Å². The second kappa shape index (κ2) is 6.35. The minimum absolute atomic E-state index is 0.0501. The molecule has 1 unspecified atom stereocenters. The van der Waals surface area contributed by atoms with Crippen molar-refractivity contribution in [1.82, 2.24) is 5.43 Å². The molecule has 0 fully saturated rings. The van der Waals surface area contributed by atoms with Crippen LogP contribution >= 0.6 is 11.6 Å². The molecular formula is C11H17ClN2O2S. The van der Waals surface area contributed by atoms with Gasteiger partial charge in [0, 0.05) is 17.3 Å². The van der Waals surface area contributed by atoms with E-state index in [2.05, 4.69) is 5.43 Å². The van der Waals surface area contributed by atoms with Crippen LogP contribution in [-0.2, 0) is 16.3 Å². The predicted molar refractivity (Wildman–Crippen MR) is 70.6 cm³/mol. The second-order valence-corrected chi connectivity index (χ2v) is 6.81. The lowest BCUT2D eigenvalue weighted by molar-refractivity contribution is 0.506. The lowest BCUT2D eigenvalue weighted by atomic mass is 10.0. The molecule has 0 saturated carbocycles. The zero-order valence-electron chi connectivity index (χ0n) is 9.69. The molecule has 0 saturated heterocycles. The molecule has 0 aliphatic carbocycles. The van der Waals surface area contributed by atoms with E-state index >= 15 is 0 Å². The topological polar surface area (TPSA) is 72.2 Å². The number of nitrogens with one attached hydrogen (secondary N) is 1. The minimum atomic E-state index is -2.94. The summed E-state index contributed by atoms with van der Waals surface area (Å²) in [5, 5.41) is 0.683. The Morgan fingerprint density at radius 2 is 1.94 bits per heavy atom. The maximum Gasteiger partial charge on any atom is 0.147 e. The van der Waals surface area contributed by atoms with Gasteiger partial charge in [0.25, 0.3) is 0 Å². The number of rotatable bonds is 6. The first-order chi connectivity index (χ1) is 7.90. The Kier molecular flexibility index (Phi) is 5.39. The Bertz CT molecular complexity index is 445. The van der Waals surface area contributed by atoms with E-state index < -0.39 is 9.84 Å². The van der Waals surface area contributed by atoms with Crippen LogP contribution < -0.4 is 11.3 Å². The highest BCUT2D eigenvalue weighted by Gasteiger charge is 2.11. The van der Waals surface area contributed by atoms with Gasteiger partial charge in [-0.15, -0.1) is 0 Å². The molecule has 0 amide bonds. The highest BCUT2D eigenvalue weighted by atomic mass is 35.5. The van der Waals surface area contributed by atoms with Crippen molar-refractivity contribution in [2.24, 2.45) is 5.84 Å². The van der Waals surface area contributed by atoms with Gasteiger partial charge in [-0.3, -0.25) is 11.3 Å². The Morgan fingerprint density at radius 1 is 1.35 bits per heavy atom. The number of hydrogen-bond donors (Lipinski definition) is 2. The van der Waals surface area contributed by atoms with E-state index in [0.29, 0.717) is 17.9 Å². The number of hydrazine groups is 1. The van der Waals surface area contributed by atoms with Crippen LogP contribution in [0.4, 0.5) is 0 Å². The standard InChI is InChI=1S/C11H17ClN2O2S/c1-17(15,16)7-6-11(14-13)8-9-2-4-10(12)5-3-9/h2-5,11,14H,6-8,13H2,1H3. The summed E-state index contributed by atoms with van der Waals surface area (Å²) in [5.74, 6) is 5.54. The van der Waals surface area contributed by atoms with Gasteiger partial charge in [-0.25, -0.2) is 8.42 Å². The third-order valence-corrected chi connectivity index (χ3v) is 3.70. The molecule has 1 atom stereocenters. The third-order valence-electron chi connectivity index (χ3n) is 2.47. The van der Waals surface area contributed by atoms with Crippen LogP contribution in [0, 0.1) is 0 Å². The van der Waals surface area contributed by atoms with E-state index in [0.717, 1.165) is 5.56 Å². The number of halogens is 1. The minimum Gasteiger partial charge on any atom is -0.271 e.